The topological polar surface area (TPSA) is 52.5 Å². The first-order valence-electron chi connectivity index (χ1n) is 5.36. The Bertz CT molecular complexity index is 374. The standard InChI is InChI=1S/C12H17NO2/c1-7(2)13-9-3-8-4-10(14)6-12(15)11(8)5-9/h4,6-7,9,13-15H,3,5H2,1-2H3. The van der Waals surface area contributed by atoms with Crippen molar-refractivity contribution >= 4 is 0 Å². The van der Waals surface area contributed by atoms with Gasteiger partial charge in [-0.05, 0) is 30.0 Å². The molecule has 82 valence electrons. The van der Waals surface area contributed by atoms with Crippen LogP contribution in [-0.2, 0) is 12.8 Å². The smallest absolute Gasteiger partial charge is 0.122 e. The number of phenols is 2. The zero-order valence-corrected chi connectivity index (χ0v) is 9.12. The Labute approximate surface area is 89.8 Å². The summed E-state index contributed by atoms with van der Waals surface area (Å²) in [4.78, 5) is 0. The van der Waals surface area contributed by atoms with E-state index in [4.69, 9.17) is 0 Å². The van der Waals surface area contributed by atoms with Crippen LogP contribution in [0, 0.1) is 0 Å². The number of aromatic hydroxyl groups is 2. The Balaban J connectivity index is 2.20. The number of fused-ring (bicyclic) bond motifs is 1. The van der Waals surface area contributed by atoms with E-state index in [1.165, 1.54) is 6.07 Å². The summed E-state index contributed by atoms with van der Waals surface area (Å²) in [6, 6.07) is 3.99. The summed E-state index contributed by atoms with van der Waals surface area (Å²) in [5, 5.41) is 22.5. The van der Waals surface area contributed by atoms with Crippen molar-refractivity contribution in [2.24, 2.45) is 0 Å². The maximum absolute atomic E-state index is 9.68. The van der Waals surface area contributed by atoms with Gasteiger partial charge in [-0.1, -0.05) is 13.8 Å². The molecular formula is C12H17NO2. The van der Waals surface area contributed by atoms with E-state index in [-0.39, 0.29) is 11.5 Å². The number of benzene rings is 1. The average Bonchev–Trinajstić information content (AvgIpc) is 2.45. The molecule has 0 saturated carbocycles. The Morgan fingerprint density at radius 1 is 1.27 bits per heavy atom. The first-order chi connectivity index (χ1) is 7.06. The van der Waals surface area contributed by atoms with Crippen LogP contribution in [0.5, 0.6) is 11.5 Å². The minimum absolute atomic E-state index is 0.149. The molecule has 0 fully saturated rings. The molecule has 1 aromatic carbocycles. The summed E-state index contributed by atoms with van der Waals surface area (Å²) in [6.45, 7) is 4.22. The van der Waals surface area contributed by atoms with Crippen LogP contribution < -0.4 is 5.32 Å². The number of hydrogen-bond donors (Lipinski definition) is 3. The molecule has 0 aromatic heterocycles. The van der Waals surface area contributed by atoms with E-state index in [0.29, 0.717) is 12.1 Å². The molecule has 0 bridgehead atoms. The lowest BCUT2D eigenvalue weighted by atomic mass is 10.1. The highest BCUT2D eigenvalue weighted by Gasteiger charge is 2.24. The molecule has 2 rings (SSSR count). The molecule has 1 aromatic rings. The van der Waals surface area contributed by atoms with Crippen LogP contribution in [0.4, 0.5) is 0 Å². The van der Waals surface area contributed by atoms with E-state index in [1.54, 1.807) is 6.07 Å². The van der Waals surface area contributed by atoms with Gasteiger partial charge in [0.25, 0.3) is 0 Å². The van der Waals surface area contributed by atoms with Gasteiger partial charge in [0.2, 0.25) is 0 Å². The van der Waals surface area contributed by atoms with Gasteiger partial charge >= 0.3 is 0 Å². The van der Waals surface area contributed by atoms with Gasteiger partial charge in [-0.3, -0.25) is 0 Å². The van der Waals surface area contributed by atoms with E-state index in [2.05, 4.69) is 19.2 Å². The lowest BCUT2D eigenvalue weighted by Gasteiger charge is -2.14. The molecule has 1 aliphatic carbocycles. The predicted molar refractivity (Wildman–Crippen MR) is 59.2 cm³/mol. The van der Waals surface area contributed by atoms with Gasteiger partial charge in [0.15, 0.2) is 0 Å². The molecule has 1 atom stereocenters. The molecule has 3 nitrogen and oxygen atoms in total. The van der Waals surface area contributed by atoms with Gasteiger partial charge < -0.3 is 15.5 Å². The highest BCUT2D eigenvalue weighted by atomic mass is 16.3. The van der Waals surface area contributed by atoms with Gasteiger partial charge in [0, 0.05) is 18.2 Å². The second kappa shape index (κ2) is 3.74. The number of phenolic OH excluding ortho intramolecular Hbond substituents is 2. The molecule has 1 unspecified atom stereocenters. The minimum Gasteiger partial charge on any atom is -0.508 e. The Morgan fingerprint density at radius 3 is 2.67 bits per heavy atom. The van der Waals surface area contributed by atoms with E-state index in [1.807, 2.05) is 0 Å². The second-order valence-electron chi connectivity index (χ2n) is 4.53. The Kier molecular flexibility index (Phi) is 2.57. The zero-order valence-electron chi connectivity index (χ0n) is 9.12. The summed E-state index contributed by atoms with van der Waals surface area (Å²) in [5.74, 6) is 0.370. The first kappa shape index (κ1) is 10.3. The third-order valence-corrected chi connectivity index (χ3v) is 2.79. The average molecular weight is 207 g/mol. The monoisotopic (exact) mass is 207 g/mol. The fourth-order valence-corrected chi connectivity index (χ4v) is 2.29. The number of rotatable bonds is 2. The van der Waals surface area contributed by atoms with Crippen LogP contribution in [0.15, 0.2) is 12.1 Å². The van der Waals surface area contributed by atoms with Crippen molar-refractivity contribution in [3.05, 3.63) is 23.3 Å². The maximum atomic E-state index is 9.68. The zero-order chi connectivity index (χ0) is 11.0. The van der Waals surface area contributed by atoms with Gasteiger partial charge in [-0.2, -0.15) is 0 Å². The third kappa shape index (κ3) is 2.07. The normalized spacial score (nSPS) is 19.5. The van der Waals surface area contributed by atoms with Crippen LogP contribution in [-0.4, -0.2) is 22.3 Å². The second-order valence-corrected chi connectivity index (χ2v) is 4.53. The van der Waals surface area contributed by atoms with Crippen molar-refractivity contribution in [3.8, 4) is 11.5 Å². The molecule has 1 aliphatic rings. The van der Waals surface area contributed by atoms with Crippen LogP contribution >= 0.6 is 0 Å². The van der Waals surface area contributed by atoms with Crippen LogP contribution in [0.1, 0.15) is 25.0 Å². The minimum atomic E-state index is 0.149. The molecular weight excluding hydrogens is 190 g/mol. The van der Waals surface area contributed by atoms with Crippen molar-refractivity contribution in [2.75, 3.05) is 0 Å². The van der Waals surface area contributed by atoms with Gasteiger partial charge in [-0.15, -0.1) is 0 Å². The third-order valence-electron chi connectivity index (χ3n) is 2.79. The highest BCUT2D eigenvalue weighted by Crippen LogP contribution is 2.33. The van der Waals surface area contributed by atoms with Gasteiger partial charge in [0.1, 0.15) is 11.5 Å². The maximum Gasteiger partial charge on any atom is 0.122 e. The highest BCUT2D eigenvalue weighted by molar-refractivity contribution is 5.48. The first-order valence-corrected chi connectivity index (χ1v) is 5.36. The quantitative estimate of drug-likeness (QED) is 0.690. The summed E-state index contributed by atoms with van der Waals surface area (Å²) in [5.41, 5.74) is 2.04. The largest absolute Gasteiger partial charge is 0.508 e. The van der Waals surface area contributed by atoms with Gasteiger partial charge in [-0.25, -0.2) is 0 Å². The van der Waals surface area contributed by atoms with E-state index in [9.17, 15) is 10.2 Å². The Hall–Kier alpha value is -1.22. The van der Waals surface area contributed by atoms with Crippen LogP contribution in [0.3, 0.4) is 0 Å². The van der Waals surface area contributed by atoms with Crippen molar-refractivity contribution in [3.63, 3.8) is 0 Å². The summed E-state index contributed by atoms with van der Waals surface area (Å²) < 4.78 is 0. The van der Waals surface area contributed by atoms with Crippen LogP contribution in [0.2, 0.25) is 0 Å². The molecule has 15 heavy (non-hydrogen) atoms. The van der Waals surface area contributed by atoms with Crippen molar-refractivity contribution in [1.82, 2.24) is 5.32 Å². The summed E-state index contributed by atoms with van der Waals surface area (Å²) >= 11 is 0. The molecule has 3 N–H and O–H groups in total. The van der Waals surface area contributed by atoms with Gasteiger partial charge in [0.05, 0.1) is 0 Å². The fourth-order valence-electron chi connectivity index (χ4n) is 2.29. The van der Waals surface area contributed by atoms with E-state index < -0.39 is 0 Å². The van der Waals surface area contributed by atoms with Crippen molar-refractivity contribution in [2.45, 2.75) is 38.8 Å². The molecule has 0 heterocycles. The van der Waals surface area contributed by atoms with Crippen LogP contribution in [0.25, 0.3) is 0 Å². The van der Waals surface area contributed by atoms with E-state index in [0.717, 1.165) is 24.0 Å². The predicted octanol–water partition coefficient (Wildman–Crippen LogP) is 1.56. The Morgan fingerprint density at radius 2 is 2.00 bits per heavy atom. The van der Waals surface area contributed by atoms with E-state index >= 15 is 0 Å². The molecule has 0 radical (unpaired) electrons. The van der Waals surface area contributed by atoms with Crippen molar-refractivity contribution in [1.29, 1.82) is 0 Å². The molecule has 0 aliphatic heterocycles. The lowest BCUT2D eigenvalue weighted by molar-refractivity contribution is 0.443. The lowest BCUT2D eigenvalue weighted by Crippen LogP contribution is -2.35. The number of nitrogens with one attached hydrogen (secondary N) is 1. The number of hydrogen-bond acceptors (Lipinski definition) is 3. The molecule has 0 saturated heterocycles. The fraction of sp³-hybridized carbons (Fsp3) is 0.500. The molecule has 3 heteroatoms. The SMILES string of the molecule is CC(C)NC1Cc2cc(O)cc(O)c2C1. The molecule has 0 spiro atoms. The summed E-state index contributed by atoms with van der Waals surface area (Å²) in [6.07, 6.45) is 1.73. The van der Waals surface area contributed by atoms with Crippen molar-refractivity contribution < 1.29 is 10.2 Å². The molecule has 0 amide bonds. The summed E-state index contributed by atoms with van der Waals surface area (Å²) in [7, 11) is 0.